The van der Waals surface area contributed by atoms with Crippen LogP contribution in [0.4, 0.5) is 5.69 Å². The third kappa shape index (κ3) is 6.42. The second kappa shape index (κ2) is 11.3. The molecule has 4 rings (SSSR count). The number of hydrogen-bond donors (Lipinski definition) is 1. The van der Waals surface area contributed by atoms with Crippen LogP contribution in [0, 0.1) is 5.92 Å². The summed E-state index contributed by atoms with van der Waals surface area (Å²) in [5.41, 5.74) is 3.33. The molecule has 0 bridgehead atoms. The van der Waals surface area contributed by atoms with E-state index >= 15 is 0 Å². The Kier molecular flexibility index (Phi) is 7.94. The van der Waals surface area contributed by atoms with Crippen LogP contribution in [0.5, 0.6) is 0 Å². The number of amides is 2. The highest BCUT2D eigenvalue weighted by atomic mass is 16.2. The molecule has 5 nitrogen and oxygen atoms in total. The second-order valence-corrected chi connectivity index (χ2v) is 9.17. The van der Waals surface area contributed by atoms with Crippen molar-refractivity contribution in [2.45, 2.75) is 51.5 Å². The zero-order chi connectivity index (χ0) is 22.2. The van der Waals surface area contributed by atoms with Gasteiger partial charge < -0.3 is 10.2 Å². The molecule has 2 aromatic rings. The summed E-state index contributed by atoms with van der Waals surface area (Å²) in [5, 5.41) is 3.12. The fourth-order valence-electron chi connectivity index (χ4n) is 4.81. The quantitative estimate of drug-likeness (QED) is 0.700. The van der Waals surface area contributed by atoms with Gasteiger partial charge in [0.05, 0.1) is 0 Å². The van der Waals surface area contributed by atoms with Gasteiger partial charge in [-0.1, -0.05) is 48.9 Å². The number of rotatable bonds is 7. The van der Waals surface area contributed by atoms with Crippen LogP contribution in [0.3, 0.4) is 0 Å². The third-order valence-corrected chi connectivity index (χ3v) is 6.74. The van der Waals surface area contributed by atoms with Gasteiger partial charge in [-0.25, -0.2) is 0 Å². The lowest BCUT2D eigenvalue weighted by Crippen LogP contribution is -2.41. The van der Waals surface area contributed by atoms with E-state index < -0.39 is 0 Å². The molecule has 2 aliphatic heterocycles. The van der Waals surface area contributed by atoms with Crippen LogP contribution in [-0.2, 0) is 22.6 Å². The lowest BCUT2D eigenvalue weighted by Gasteiger charge is -2.31. The summed E-state index contributed by atoms with van der Waals surface area (Å²) < 4.78 is 0. The van der Waals surface area contributed by atoms with Crippen molar-refractivity contribution in [3.63, 3.8) is 0 Å². The van der Waals surface area contributed by atoms with E-state index in [0.29, 0.717) is 19.5 Å². The van der Waals surface area contributed by atoms with E-state index in [0.717, 1.165) is 31.5 Å². The van der Waals surface area contributed by atoms with Crippen molar-refractivity contribution in [2.75, 3.05) is 31.5 Å². The topological polar surface area (TPSA) is 52.7 Å². The first-order valence-electron chi connectivity index (χ1n) is 12.1. The van der Waals surface area contributed by atoms with Crippen molar-refractivity contribution in [3.05, 3.63) is 65.7 Å². The SMILES string of the molecule is O=C(Nc1cccc(CN2CCCCC2)c1)C1CCN(C(=O)CCc2ccccc2)CC1. The molecule has 5 heteroatoms. The van der Waals surface area contributed by atoms with Gasteiger partial charge in [0.25, 0.3) is 0 Å². The Morgan fingerprint density at radius 2 is 1.56 bits per heavy atom. The number of nitrogens with one attached hydrogen (secondary N) is 1. The summed E-state index contributed by atoms with van der Waals surface area (Å²) in [7, 11) is 0. The van der Waals surface area contributed by atoms with E-state index in [9.17, 15) is 9.59 Å². The predicted molar refractivity (Wildman–Crippen MR) is 128 cm³/mol. The first-order valence-corrected chi connectivity index (χ1v) is 12.1. The van der Waals surface area contributed by atoms with Crippen LogP contribution in [0.25, 0.3) is 0 Å². The number of carbonyl (C=O) groups is 2. The van der Waals surface area contributed by atoms with E-state index in [-0.39, 0.29) is 17.7 Å². The minimum Gasteiger partial charge on any atom is -0.343 e. The number of aryl methyl sites for hydroxylation is 1. The molecule has 2 aromatic carbocycles. The van der Waals surface area contributed by atoms with Gasteiger partial charge in [0.1, 0.15) is 0 Å². The molecular weight excluding hydrogens is 398 g/mol. The largest absolute Gasteiger partial charge is 0.343 e. The fraction of sp³-hybridized carbons (Fsp3) is 0.481. The van der Waals surface area contributed by atoms with E-state index in [4.69, 9.17) is 0 Å². The van der Waals surface area contributed by atoms with Crippen molar-refractivity contribution in [1.29, 1.82) is 0 Å². The summed E-state index contributed by atoms with van der Waals surface area (Å²) in [6.07, 6.45) is 6.67. The van der Waals surface area contributed by atoms with Gasteiger partial charge in [-0.15, -0.1) is 0 Å². The molecule has 0 aliphatic carbocycles. The predicted octanol–water partition coefficient (Wildman–Crippen LogP) is 4.48. The van der Waals surface area contributed by atoms with Crippen LogP contribution in [0.1, 0.15) is 49.7 Å². The Balaban J connectivity index is 1.22. The molecule has 0 spiro atoms. The van der Waals surface area contributed by atoms with Crippen LogP contribution in [0.15, 0.2) is 54.6 Å². The molecule has 2 heterocycles. The average Bonchev–Trinajstić information content (AvgIpc) is 2.84. The van der Waals surface area contributed by atoms with Gasteiger partial charge in [0, 0.05) is 37.7 Å². The minimum atomic E-state index is -0.0288. The van der Waals surface area contributed by atoms with Gasteiger partial charge in [-0.2, -0.15) is 0 Å². The highest BCUT2D eigenvalue weighted by Gasteiger charge is 2.27. The molecule has 0 aromatic heterocycles. The molecule has 0 atom stereocenters. The maximum Gasteiger partial charge on any atom is 0.227 e. The number of hydrogen-bond acceptors (Lipinski definition) is 3. The molecule has 32 heavy (non-hydrogen) atoms. The van der Waals surface area contributed by atoms with Crippen molar-refractivity contribution in [3.8, 4) is 0 Å². The lowest BCUT2D eigenvalue weighted by molar-refractivity contribution is -0.134. The van der Waals surface area contributed by atoms with Crippen LogP contribution < -0.4 is 5.32 Å². The Labute approximate surface area is 191 Å². The Hall–Kier alpha value is -2.66. The maximum atomic E-state index is 12.8. The van der Waals surface area contributed by atoms with Crippen molar-refractivity contribution in [1.82, 2.24) is 9.80 Å². The molecule has 0 radical (unpaired) electrons. The highest BCUT2D eigenvalue weighted by molar-refractivity contribution is 5.92. The third-order valence-electron chi connectivity index (χ3n) is 6.74. The maximum absolute atomic E-state index is 12.8. The standard InChI is InChI=1S/C27H35N3O2/c31-26(13-12-22-8-3-1-4-9-22)30-18-14-24(15-19-30)27(32)28-25-11-7-10-23(20-25)21-29-16-5-2-6-17-29/h1,3-4,7-11,20,24H,2,5-6,12-19,21H2,(H,28,32). The summed E-state index contributed by atoms with van der Waals surface area (Å²) >= 11 is 0. The molecule has 2 amide bonds. The molecule has 170 valence electrons. The molecule has 2 aliphatic rings. The molecule has 2 fully saturated rings. The van der Waals surface area contributed by atoms with Crippen molar-refractivity contribution < 1.29 is 9.59 Å². The molecule has 0 saturated carbocycles. The summed E-state index contributed by atoms with van der Waals surface area (Å²) in [6.45, 7) is 4.62. The first kappa shape index (κ1) is 22.5. The zero-order valence-corrected chi connectivity index (χ0v) is 19.0. The highest BCUT2D eigenvalue weighted by Crippen LogP contribution is 2.22. The van der Waals surface area contributed by atoms with Gasteiger partial charge >= 0.3 is 0 Å². The van der Waals surface area contributed by atoms with Gasteiger partial charge in [-0.3, -0.25) is 14.5 Å². The van der Waals surface area contributed by atoms with Gasteiger partial charge in [0.2, 0.25) is 11.8 Å². The Morgan fingerprint density at radius 3 is 2.31 bits per heavy atom. The zero-order valence-electron chi connectivity index (χ0n) is 19.0. The van der Waals surface area contributed by atoms with E-state index in [1.165, 1.54) is 43.5 Å². The Bertz CT molecular complexity index is 885. The second-order valence-electron chi connectivity index (χ2n) is 9.17. The summed E-state index contributed by atoms with van der Waals surface area (Å²) in [5.74, 6) is 0.244. The summed E-state index contributed by atoms with van der Waals surface area (Å²) in [6, 6.07) is 18.4. The van der Waals surface area contributed by atoms with Crippen LogP contribution in [0.2, 0.25) is 0 Å². The monoisotopic (exact) mass is 433 g/mol. The van der Waals surface area contributed by atoms with Gasteiger partial charge in [-0.05, 0) is 68.5 Å². The number of nitrogens with zero attached hydrogens (tertiary/aromatic N) is 2. The Morgan fingerprint density at radius 1 is 0.844 bits per heavy atom. The van der Waals surface area contributed by atoms with E-state index in [1.807, 2.05) is 35.2 Å². The van der Waals surface area contributed by atoms with Crippen molar-refractivity contribution in [2.24, 2.45) is 5.92 Å². The van der Waals surface area contributed by atoms with E-state index in [2.05, 4.69) is 34.5 Å². The average molecular weight is 434 g/mol. The van der Waals surface area contributed by atoms with Crippen LogP contribution in [-0.4, -0.2) is 47.8 Å². The van der Waals surface area contributed by atoms with Crippen molar-refractivity contribution >= 4 is 17.5 Å². The summed E-state index contributed by atoms with van der Waals surface area (Å²) in [4.78, 5) is 29.8. The van der Waals surface area contributed by atoms with Crippen LogP contribution >= 0.6 is 0 Å². The first-order chi connectivity index (χ1) is 15.7. The number of likely N-dealkylation sites (tertiary alicyclic amines) is 2. The number of benzene rings is 2. The number of piperidine rings is 2. The smallest absolute Gasteiger partial charge is 0.227 e. The molecule has 2 saturated heterocycles. The molecular formula is C27H35N3O2. The van der Waals surface area contributed by atoms with E-state index in [1.54, 1.807) is 0 Å². The van der Waals surface area contributed by atoms with Gasteiger partial charge in [0.15, 0.2) is 0 Å². The lowest BCUT2D eigenvalue weighted by atomic mass is 9.95. The normalized spacial score (nSPS) is 17.8. The minimum absolute atomic E-state index is 0.0288. The molecule has 1 N–H and O–H groups in total. The fourth-order valence-corrected chi connectivity index (χ4v) is 4.81. The molecule has 0 unspecified atom stereocenters. The number of anilines is 1. The number of carbonyl (C=O) groups excluding carboxylic acids is 2.